The van der Waals surface area contributed by atoms with Gasteiger partial charge in [-0.1, -0.05) is 18.7 Å². The molecule has 1 aromatic carbocycles. The minimum atomic E-state index is -0.410. The smallest absolute Gasteiger partial charge is 0.248 e. The van der Waals surface area contributed by atoms with E-state index >= 15 is 0 Å². The Labute approximate surface area is 111 Å². The van der Waals surface area contributed by atoms with Gasteiger partial charge in [-0.25, -0.2) is 0 Å². The molecular formula is C13H17N3OS. The fraction of sp³-hybridized carbons (Fsp3) is 0.385. The highest BCUT2D eigenvalue weighted by molar-refractivity contribution is 8.14. The largest absolute Gasteiger partial charge is 0.366 e. The SMILES string of the molecule is CCC1(C)CSC(Nc2ccc(C(N)=O)cc2)=N1. The van der Waals surface area contributed by atoms with Crippen LogP contribution in [-0.4, -0.2) is 22.4 Å². The van der Waals surface area contributed by atoms with E-state index in [1.165, 1.54) is 0 Å². The number of nitrogens with two attached hydrogens (primary N) is 1. The molecule has 2 rings (SSSR count). The number of hydrogen-bond acceptors (Lipinski definition) is 4. The molecule has 0 aromatic heterocycles. The van der Waals surface area contributed by atoms with Crippen molar-refractivity contribution >= 4 is 28.5 Å². The van der Waals surface area contributed by atoms with Crippen molar-refractivity contribution in [2.45, 2.75) is 25.8 Å². The molecule has 3 N–H and O–H groups in total. The fourth-order valence-electron chi connectivity index (χ4n) is 1.62. The summed E-state index contributed by atoms with van der Waals surface area (Å²) in [6.45, 7) is 4.31. The second kappa shape index (κ2) is 5.02. The number of benzene rings is 1. The first-order valence-corrected chi connectivity index (χ1v) is 6.90. The lowest BCUT2D eigenvalue weighted by Gasteiger charge is -2.15. The van der Waals surface area contributed by atoms with Crippen LogP contribution in [0.3, 0.4) is 0 Å². The van der Waals surface area contributed by atoms with Crippen molar-refractivity contribution in [1.29, 1.82) is 0 Å². The van der Waals surface area contributed by atoms with Crippen LogP contribution in [0.25, 0.3) is 0 Å². The molecule has 1 heterocycles. The van der Waals surface area contributed by atoms with Crippen molar-refractivity contribution in [1.82, 2.24) is 0 Å². The maximum atomic E-state index is 11.0. The molecule has 0 saturated carbocycles. The van der Waals surface area contributed by atoms with Gasteiger partial charge in [-0.2, -0.15) is 0 Å². The number of amides is 1. The summed E-state index contributed by atoms with van der Waals surface area (Å²) in [7, 11) is 0. The van der Waals surface area contributed by atoms with Crippen molar-refractivity contribution < 1.29 is 4.79 Å². The third-order valence-electron chi connectivity index (χ3n) is 3.07. The van der Waals surface area contributed by atoms with Gasteiger partial charge in [0, 0.05) is 17.0 Å². The molecule has 1 atom stereocenters. The van der Waals surface area contributed by atoms with E-state index in [1.807, 2.05) is 12.1 Å². The number of anilines is 1. The average molecular weight is 263 g/mol. The number of rotatable bonds is 3. The zero-order chi connectivity index (χ0) is 13.2. The zero-order valence-corrected chi connectivity index (χ0v) is 11.4. The Kier molecular flexibility index (Phi) is 3.61. The molecule has 4 nitrogen and oxygen atoms in total. The number of thioether (sulfide) groups is 1. The summed E-state index contributed by atoms with van der Waals surface area (Å²) >= 11 is 1.73. The number of nitrogens with one attached hydrogen (secondary N) is 1. The number of hydrogen-bond donors (Lipinski definition) is 2. The lowest BCUT2D eigenvalue weighted by Crippen LogP contribution is -2.20. The maximum Gasteiger partial charge on any atom is 0.248 e. The van der Waals surface area contributed by atoms with Gasteiger partial charge in [-0.3, -0.25) is 9.79 Å². The highest BCUT2D eigenvalue weighted by Crippen LogP contribution is 2.30. The van der Waals surface area contributed by atoms with E-state index in [0.29, 0.717) is 5.56 Å². The van der Waals surface area contributed by atoms with Gasteiger partial charge in [0.05, 0.1) is 5.54 Å². The fourth-order valence-corrected chi connectivity index (χ4v) is 2.81. The van der Waals surface area contributed by atoms with Gasteiger partial charge >= 0.3 is 0 Å². The lowest BCUT2D eigenvalue weighted by atomic mass is 10.0. The summed E-state index contributed by atoms with van der Waals surface area (Å²) in [5.41, 5.74) is 6.67. The summed E-state index contributed by atoms with van der Waals surface area (Å²) in [4.78, 5) is 15.6. The Bertz CT molecular complexity index is 484. The molecule has 0 radical (unpaired) electrons. The van der Waals surface area contributed by atoms with Gasteiger partial charge in [0.25, 0.3) is 0 Å². The van der Waals surface area contributed by atoms with Crippen LogP contribution in [0.15, 0.2) is 29.3 Å². The van der Waals surface area contributed by atoms with Crippen molar-refractivity contribution in [3.8, 4) is 0 Å². The van der Waals surface area contributed by atoms with Gasteiger partial charge in [-0.15, -0.1) is 0 Å². The number of nitrogens with zero attached hydrogens (tertiary/aromatic N) is 1. The van der Waals surface area contributed by atoms with Crippen molar-refractivity contribution in [3.63, 3.8) is 0 Å². The minimum Gasteiger partial charge on any atom is -0.366 e. The molecule has 1 aromatic rings. The molecule has 1 unspecified atom stereocenters. The number of carbonyl (C=O) groups excluding carboxylic acids is 1. The Hall–Kier alpha value is -1.49. The lowest BCUT2D eigenvalue weighted by molar-refractivity contribution is 0.100. The van der Waals surface area contributed by atoms with E-state index in [-0.39, 0.29) is 5.54 Å². The topological polar surface area (TPSA) is 67.5 Å². The molecule has 18 heavy (non-hydrogen) atoms. The summed E-state index contributed by atoms with van der Waals surface area (Å²) in [5, 5.41) is 4.19. The van der Waals surface area contributed by atoms with Crippen LogP contribution in [-0.2, 0) is 0 Å². The molecular weight excluding hydrogens is 246 g/mol. The van der Waals surface area contributed by atoms with E-state index in [1.54, 1.807) is 23.9 Å². The van der Waals surface area contributed by atoms with Crippen molar-refractivity contribution in [2.75, 3.05) is 11.1 Å². The highest BCUT2D eigenvalue weighted by Gasteiger charge is 2.28. The first kappa shape index (κ1) is 13.0. The Morgan fingerprint density at radius 3 is 2.67 bits per heavy atom. The maximum absolute atomic E-state index is 11.0. The Morgan fingerprint density at radius 1 is 1.50 bits per heavy atom. The van der Waals surface area contributed by atoms with Gasteiger partial charge in [-0.05, 0) is 37.6 Å². The van der Waals surface area contributed by atoms with Crippen LogP contribution in [0.2, 0.25) is 0 Å². The van der Waals surface area contributed by atoms with Crippen LogP contribution >= 0.6 is 11.8 Å². The van der Waals surface area contributed by atoms with E-state index in [9.17, 15) is 4.79 Å². The molecule has 0 aliphatic carbocycles. The molecule has 96 valence electrons. The second-order valence-electron chi connectivity index (χ2n) is 4.62. The summed E-state index contributed by atoms with van der Waals surface area (Å²) in [6.07, 6.45) is 1.03. The number of carbonyl (C=O) groups is 1. The summed E-state index contributed by atoms with van der Waals surface area (Å²) in [5.74, 6) is 0.596. The second-order valence-corrected chi connectivity index (χ2v) is 5.59. The molecule has 0 fully saturated rings. The standard InChI is InChI=1S/C13H17N3OS/c1-3-13(2)8-18-12(16-13)15-10-6-4-9(5-7-10)11(14)17/h4-7H,3,8H2,1-2H3,(H2,14,17)(H,15,16). The van der Waals surface area contributed by atoms with Crippen LogP contribution in [0, 0.1) is 0 Å². The Morgan fingerprint density at radius 2 is 2.17 bits per heavy atom. The van der Waals surface area contributed by atoms with E-state index < -0.39 is 5.91 Å². The predicted octanol–water partition coefficient (Wildman–Crippen LogP) is 2.47. The summed E-state index contributed by atoms with van der Waals surface area (Å²) < 4.78 is 0. The molecule has 0 spiro atoms. The third kappa shape index (κ3) is 2.85. The van der Waals surface area contributed by atoms with Gasteiger partial charge in [0.2, 0.25) is 5.91 Å². The number of amidine groups is 1. The molecule has 5 heteroatoms. The highest BCUT2D eigenvalue weighted by atomic mass is 32.2. The molecule has 1 aliphatic heterocycles. The first-order valence-electron chi connectivity index (χ1n) is 5.92. The van der Waals surface area contributed by atoms with E-state index in [2.05, 4.69) is 24.2 Å². The van der Waals surface area contributed by atoms with Crippen LogP contribution < -0.4 is 11.1 Å². The van der Waals surface area contributed by atoms with Gasteiger partial charge < -0.3 is 11.1 Å². The van der Waals surface area contributed by atoms with Crippen molar-refractivity contribution in [2.24, 2.45) is 10.7 Å². The predicted molar refractivity (Wildman–Crippen MR) is 77.2 cm³/mol. The molecule has 1 aliphatic rings. The third-order valence-corrected chi connectivity index (χ3v) is 4.31. The minimum absolute atomic E-state index is 0.0418. The van der Waals surface area contributed by atoms with Crippen LogP contribution in [0.1, 0.15) is 30.6 Å². The number of primary amides is 1. The normalized spacial score (nSPS) is 22.7. The van der Waals surface area contributed by atoms with E-state index in [0.717, 1.165) is 23.0 Å². The van der Waals surface area contributed by atoms with Gasteiger partial charge in [0.15, 0.2) is 5.17 Å². The van der Waals surface area contributed by atoms with E-state index in [4.69, 9.17) is 5.73 Å². The average Bonchev–Trinajstić information content (AvgIpc) is 2.72. The van der Waals surface area contributed by atoms with Crippen molar-refractivity contribution in [3.05, 3.63) is 29.8 Å². The van der Waals surface area contributed by atoms with Crippen LogP contribution in [0.4, 0.5) is 5.69 Å². The molecule has 0 bridgehead atoms. The zero-order valence-electron chi connectivity index (χ0n) is 10.6. The molecule has 1 amide bonds. The van der Waals surface area contributed by atoms with Gasteiger partial charge in [0.1, 0.15) is 0 Å². The first-order chi connectivity index (χ1) is 8.52. The Balaban J connectivity index is 2.07. The number of aliphatic imine (C=N–C) groups is 1. The quantitative estimate of drug-likeness (QED) is 0.880. The van der Waals surface area contributed by atoms with Crippen LogP contribution in [0.5, 0.6) is 0 Å². The monoisotopic (exact) mass is 263 g/mol. The summed E-state index contributed by atoms with van der Waals surface area (Å²) in [6, 6.07) is 7.10. The molecule has 0 saturated heterocycles.